The molecule has 6 rings (SSSR count). The van der Waals surface area contributed by atoms with Crippen molar-refractivity contribution in [3.63, 3.8) is 0 Å². The number of benzene rings is 1. The maximum Gasteiger partial charge on any atom is 0.229 e. The van der Waals surface area contributed by atoms with E-state index in [1.807, 2.05) is 54.3 Å². The zero-order valence-corrected chi connectivity index (χ0v) is 21.1. The Hall–Kier alpha value is -3.78. The van der Waals surface area contributed by atoms with Crippen molar-refractivity contribution in [1.29, 1.82) is 0 Å². The van der Waals surface area contributed by atoms with E-state index in [1.54, 1.807) is 6.20 Å². The molecule has 2 aromatic heterocycles. The first kappa shape index (κ1) is 23.6. The number of anilines is 1. The SMILES string of the molecule is CC(=O)Nc1cc(-c2[nH]c3c(c2Cc2ccccc2)C(=O)CC(C)(C(=O)N2CC4(COC4)C2)C3)ccn1. The molecule has 3 aromatic rings. The summed E-state index contributed by atoms with van der Waals surface area (Å²) in [6, 6.07) is 13.7. The topological polar surface area (TPSA) is 104 Å². The zero-order chi connectivity index (χ0) is 25.8. The van der Waals surface area contributed by atoms with Crippen molar-refractivity contribution in [2.24, 2.45) is 10.8 Å². The number of carbonyl (C=O) groups is 3. The predicted octanol–water partition coefficient (Wildman–Crippen LogP) is 3.62. The molecule has 1 aromatic carbocycles. The van der Waals surface area contributed by atoms with Gasteiger partial charge in [0, 0.05) is 62.3 Å². The number of H-pyrrole nitrogens is 1. The third-order valence-corrected chi connectivity index (χ3v) is 7.83. The first-order valence-corrected chi connectivity index (χ1v) is 12.7. The van der Waals surface area contributed by atoms with E-state index in [-0.39, 0.29) is 29.4 Å². The highest BCUT2D eigenvalue weighted by molar-refractivity contribution is 6.05. The smallest absolute Gasteiger partial charge is 0.229 e. The van der Waals surface area contributed by atoms with Crippen LogP contribution in [-0.4, -0.2) is 58.8 Å². The molecule has 8 heteroatoms. The number of ether oxygens (including phenoxy) is 1. The number of Topliss-reactive ketones (excluding diaryl/α,β-unsaturated/α-hetero) is 1. The van der Waals surface area contributed by atoms with Crippen molar-refractivity contribution >= 4 is 23.4 Å². The minimum atomic E-state index is -0.790. The lowest BCUT2D eigenvalue weighted by atomic mass is 9.70. The molecule has 4 heterocycles. The van der Waals surface area contributed by atoms with Gasteiger partial charge in [0.15, 0.2) is 5.78 Å². The molecule has 2 amide bonds. The van der Waals surface area contributed by atoms with Crippen molar-refractivity contribution in [1.82, 2.24) is 14.9 Å². The molecule has 0 bridgehead atoms. The van der Waals surface area contributed by atoms with Crippen LogP contribution in [0.15, 0.2) is 48.7 Å². The summed E-state index contributed by atoms with van der Waals surface area (Å²) in [5.74, 6) is 0.275. The van der Waals surface area contributed by atoms with Crippen LogP contribution in [-0.2, 0) is 27.2 Å². The molecule has 2 N–H and O–H groups in total. The number of pyridine rings is 1. The number of aromatic nitrogens is 2. The van der Waals surface area contributed by atoms with E-state index in [9.17, 15) is 14.4 Å². The fraction of sp³-hybridized carbons (Fsp3) is 0.379. The van der Waals surface area contributed by atoms with E-state index in [2.05, 4.69) is 15.3 Å². The molecule has 190 valence electrons. The summed E-state index contributed by atoms with van der Waals surface area (Å²) in [7, 11) is 0. The maximum atomic E-state index is 13.7. The standard InChI is InChI=1S/C29H30N4O4/c1-18(34)31-24-11-20(8-9-30-24)26-21(10-19-6-4-3-5-7-19)25-22(32-26)12-28(2,13-23(25)35)27(36)33-14-29(15-33)16-37-17-29/h3-9,11,32H,10,12-17H2,1-2H3,(H,30,31,34). The summed E-state index contributed by atoms with van der Waals surface area (Å²) < 4.78 is 5.35. The van der Waals surface area contributed by atoms with Gasteiger partial charge in [-0.25, -0.2) is 4.98 Å². The van der Waals surface area contributed by atoms with Gasteiger partial charge in [-0.15, -0.1) is 0 Å². The minimum Gasteiger partial charge on any atom is -0.380 e. The number of nitrogens with zero attached hydrogens (tertiary/aromatic N) is 2. The molecule has 1 spiro atoms. The Morgan fingerprint density at radius 3 is 2.57 bits per heavy atom. The molecular formula is C29H30N4O4. The average Bonchev–Trinajstić information content (AvgIpc) is 3.15. The van der Waals surface area contributed by atoms with Crippen LogP contribution in [0.1, 0.15) is 47.4 Å². The van der Waals surface area contributed by atoms with Crippen LogP contribution in [0.25, 0.3) is 11.3 Å². The van der Waals surface area contributed by atoms with Gasteiger partial charge >= 0.3 is 0 Å². The lowest BCUT2D eigenvalue weighted by Crippen LogP contribution is -2.69. The van der Waals surface area contributed by atoms with Crippen LogP contribution in [0.5, 0.6) is 0 Å². The summed E-state index contributed by atoms with van der Waals surface area (Å²) in [5, 5.41) is 2.73. The summed E-state index contributed by atoms with van der Waals surface area (Å²) in [5.41, 5.74) is 4.48. The Morgan fingerprint density at radius 2 is 1.89 bits per heavy atom. The van der Waals surface area contributed by atoms with Crippen LogP contribution in [0.2, 0.25) is 0 Å². The quantitative estimate of drug-likeness (QED) is 0.559. The molecule has 1 aliphatic carbocycles. The molecule has 0 radical (unpaired) electrons. The van der Waals surface area contributed by atoms with Crippen molar-refractivity contribution in [3.05, 3.63) is 71.0 Å². The lowest BCUT2D eigenvalue weighted by molar-refractivity contribution is -0.200. The molecule has 0 saturated carbocycles. The van der Waals surface area contributed by atoms with Gasteiger partial charge in [-0.05, 0) is 30.2 Å². The van der Waals surface area contributed by atoms with Crippen molar-refractivity contribution in [3.8, 4) is 11.3 Å². The van der Waals surface area contributed by atoms with E-state index < -0.39 is 5.41 Å². The van der Waals surface area contributed by atoms with E-state index in [0.717, 1.165) is 28.1 Å². The van der Waals surface area contributed by atoms with Crippen LogP contribution in [0.4, 0.5) is 5.82 Å². The molecule has 8 nitrogen and oxygen atoms in total. The molecule has 1 atom stereocenters. The van der Waals surface area contributed by atoms with Gasteiger partial charge in [0.05, 0.1) is 29.7 Å². The van der Waals surface area contributed by atoms with Crippen LogP contribution in [0.3, 0.4) is 0 Å². The molecule has 3 aliphatic rings. The first-order chi connectivity index (χ1) is 17.8. The Kier molecular flexibility index (Phi) is 5.53. The number of hydrogen-bond donors (Lipinski definition) is 2. The molecule has 37 heavy (non-hydrogen) atoms. The second-order valence-corrected chi connectivity index (χ2v) is 11.1. The van der Waals surface area contributed by atoms with Gasteiger partial charge < -0.3 is 19.9 Å². The van der Waals surface area contributed by atoms with E-state index in [1.165, 1.54) is 6.92 Å². The van der Waals surface area contributed by atoms with Gasteiger partial charge in [-0.2, -0.15) is 0 Å². The highest BCUT2D eigenvalue weighted by atomic mass is 16.5. The van der Waals surface area contributed by atoms with E-state index in [4.69, 9.17) is 4.74 Å². The Morgan fingerprint density at radius 1 is 1.14 bits per heavy atom. The highest BCUT2D eigenvalue weighted by Crippen LogP contribution is 2.45. The lowest BCUT2D eigenvalue weighted by Gasteiger charge is -2.56. The van der Waals surface area contributed by atoms with Crippen LogP contribution >= 0.6 is 0 Å². The minimum absolute atomic E-state index is 0.0103. The van der Waals surface area contributed by atoms with Gasteiger partial charge in [0.1, 0.15) is 5.82 Å². The van der Waals surface area contributed by atoms with Crippen LogP contribution < -0.4 is 5.32 Å². The largest absolute Gasteiger partial charge is 0.380 e. The van der Waals surface area contributed by atoms with Crippen molar-refractivity contribution in [2.45, 2.75) is 33.1 Å². The normalized spacial score (nSPS) is 21.7. The molecule has 1 unspecified atom stereocenters. The van der Waals surface area contributed by atoms with Gasteiger partial charge in [-0.3, -0.25) is 14.4 Å². The average molecular weight is 499 g/mol. The van der Waals surface area contributed by atoms with Crippen LogP contribution in [0, 0.1) is 10.8 Å². The van der Waals surface area contributed by atoms with Crippen molar-refractivity contribution < 1.29 is 19.1 Å². The molecule has 2 fully saturated rings. The number of likely N-dealkylation sites (tertiary alicyclic amines) is 1. The Balaban J connectivity index is 1.37. The summed E-state index contributed by atoms with van der Waals surface area (Å²) >= 11 is 0. The van der Waals surface area contributed by atoms with E-state index >= 15 is 0 Å². The fourth-order valence-electron chi connectivity index (χ4n) is 6.03. The van der Waals surface area contributed by atoms with Gasteiger partial charge in [-0.1, -0.05) is 30.3 Å². The second-order valence-electron chi connectivity index (χ2n) is 11.1. The number of nitrogens with one attached hydrogen (secondary N) is 2. The third kappa shape index (κ3) is 4.15. The third-order valence-electron chi connectivity index (χ3n) is 7.83. The highest BCUT2D eigenvalue weighted by Gasteiger charge is 2.54. The number of carbonyl (C=O) groups excluding carboxylic acids is 3. The number of amides is 2. The van der Waals surface area contributed by atoms with Crippen molar-refractivity contribution in [2.75, 3.05) is 31.6 Å². The number of fused-ring (bicyclic) bond motifs is 1. The molecule has 2 saturated heterocycles. The second kappa shape index (κ2) is 8.66. The van der Waals surface area contributed by atoms with Gasteiger partial charge in [0.25, 0.3) is 0 Å². The number of rotatable bonds is 5. The zero-order valence-electron chi connectivity index (χ0n) is 21.1. The van der Waals surface area contributed by atoms with E-state index in [0.29, 0.717) is 50.5 Å². The van der Waals surface area contributed by atoms with Gasteiger partial charge in [0.2, 0.25) is 11.8 Å². The molecule has 2 aliphatic heterocycles. The number of hydrogen-bond acceptors (Lipinski definition) is 5. The molecular weight excluding hydrogens is 468 g/mol. The Labute approximate surface area is 215 Å². The summed E-state index contributed by atoms with van der Waals surface area (Å²) in [6.45, 7) is 6.20. The Bertz CT molecular complexity index is 1400. The first-order valence-electron chi connectivity index (χ1n) is 12.7. The predicted molar refractivity (Wildman–Crippen MR) is 138 cm³/mol. The summed E-state index contributed by atoms with van der Waals surface area (Å²) in [6.07, 6.45) is 2.88. The number of aromatic amines is 1. The number of ketones is 1. The fourth-order valence-corrected chi connectivity index (χ4v) is 6.03. The monoisotopic (exact) mass is 498 g/mol. The summed E-state index contributed by atoms with van der Waals surface area (Å²) in [4.78, 5) is 48.5. The maximum absolute atomic E-state index is 13.7.